The summed E-state index contributed by atoms with van der Waals surface area (Å²) in [6.45, 7) is 0. The number of phenolic OH excluding ortho intramolecular Hbond substituents is 1. The van der Waals surface area contributed by atoms with Gasteiger partial charge in [0.05, 0.1) is 1.37 Å². The maximum absolute atomic E-state index is 10.6. The fourth-order valence-corrected chi connectivity index (χ4v) is 0.856. The zero-order valence-corrected chi connectivity index (χ0v) is 6.77. The SMILES string of the molecule is [2H][C@@H](c1cccc(O)c1)[C@]([2H])(N)C(=O)O. The molecule has 0 bridgehead atoms. The molecule has 1 aromatic rings. The van der Waals surface area contributed by atoms with E-state index in [1.165, 1.54) is 24.3 Å². The molecule has 0 aromatic heterocycles. The van der Waals surface area contributed by atoms with Gasteiger partial charge in [-0.2, -0.15) is 0 Å². The molecule has 4 heteroatoms. The van der Waals surface area contributed by atoms with Gasteiger partial charge < -0.3 is 15.9 Å². The fourth-order valence-electron chi connectivity index (χ4n) is 0.856. The summed E-state index contributed by atoms with van der Waals surface area (Å²) in [5, 5.41) is 17.8. The first-order chi connectivity index (χ1) is 6.85. The van der Waals surface area contributed by atoms with E-state index >= 15 is 0 Å². The van der Waals surface area contributed by atoms with Crippen molar-refractivity contribution in [3.63, 3.8) is 0 Å². The monoisotopic (exact) mass is 183 g/mol. The predicted octanol–water partition coefficient (Wildman–Crippen LogP) is 0.347. The van der Waals surface area contributed by atoms with Crippen LogP contribution in [0.1, 0.15) is 8.30 Å². The van der Waals surface area contributed by atoms with Crippen LogP contribution in [0, 0.1) is 0 Å². The molecular weight excluding hydrogens is 170 g/mol. The molecule has 4 N–H and O–H groups in total. The van der Waals surface area contributed by atoms with Crippen molar-refractivity contribution in [1.82, 2.24) is 0 Å². The maximum Gasteiger partial charge on any atom is 0.320 e. The van der Waals surface area contributed by atoms with E-state index in [0.29, 0.717) is 0 Å². The Morgan fingerprint density at radius 2 is 2.46 bits per heavy atom. The zero-order chi connectivity index (χ0) is 11.6. The van der Waals surface area contributed by atoms with Crippen LogP contribution >= 0.6 is 0 Å². The second-order valence-electron chi connectivity index (χ2n) is 2.50. The van der Waals surface area contributed by atoms with Gasteiger partial charge in [-0.05, 0) is 24.1 Å². The first-order valence-corrected chi connectivity index (χ1v) is 3.59. The lowest BCUT2D eigenvalue weighted by atomic mass is 10.1. The molecule has 13 heavy (non-hydrogen) atoms. The lowest BCUT2D eigenvalue weighted by Crippen LogP contribution is -2.32. The van der Waals surface area contributed by atoms with E-state index in [9.17, 15) is 4.79 Å². The van der Waals surface area contributed by atoms with Gasteiger partial charge in [0.15, 0.2) is 0 Å². The normalized spacial score (nSPS) is 19.5. The van der Waals surface area contributed by atoms with E-state index in [1.807, 2.05) is 0 Å². The minimum atomic E-state index is -2.42. The molecule has 0 radical (unpaired) electrons. The quantitative estimate of drug-likeness (QED) is 0.631. The molecule has 70 valence electrons. The molecular formula is C9H11NO3. The Hall–Kier alpha value is -1.55. The van der Waals surface area contributed by atoms with Crippen molar-refractivity contribution in [3.8, 4) is 5.75 Å². The first kappa shape index (κ1) is 6.91. The Bertz CT molecular complexity index is 381. The minimum absolute atomic E-state index is 0.0917. The van der Waals surface area contributed by atoms with Gasteiger partial charge in [0.1, 0.15) is 11.8 Å². The molecule has 0 saturated carbocycles. The molecule has 1 aromatic carbocycles. The standard InChI is InChI=1S/C9H11NO3/c10-8(9(12)13)5-6-2-1-3-7(11)4-6/h1-4,8,11H,5,10H2,(H,12,13)/t8-/m0/s1/i5D,8D/t5-,8-. The van der Waals surface area contributed by atoms with Crippen molar-refractivity contribution >= 4 is 5.97 Å². The zero-order valence-electron chi connectivity index (χ0n) is 8.77. The highest BCUT2D eigenvalue weighted by Gasteiger charge is 2.11. The highest BCUT2D eigenvalue weighted by molar-refractivity contribution is 5.73. The van der Waals surface area contributed by atoms with Gasteiger partial charge >= 0.3 is 5.97 Å². The first-order valence-electron chi connectivity index (χ1n) is 4.67. The number of hydrogen-bond acceptors (Lipinski definition) is 3. The van der Waals surface area contributed by atoms with Crippen LogP contribution in [0.25, 0.3) is 0 Å². The van der Waals surface area contributed by atoms with E-state index in [0.717, 1.165) is 0 Å². The Morgan fingerprint density at radius 3 is 3.00 bits per heavy atom. The number of nitrogens with two attached hydrogens (primary N) is 1. The van der Waals surface area contributed by atoms with Crippen LogP contribution in [0.3, 0.4) is 0 Å². The highest BCUT2D eigenvalue weighted by Crippen LogP contribution is 2.11. The molecule has 0 fully saturated rings. The van der Waals surface area contributed by atoms with Crippen LogP contribution in [0.5, 0.6) is 5.75 Å². The third kappa shape index (κ3) is 2.76. The number of rotatable bonds is 3. The van der Waals surface area contributed by atoms with E-state index in [2.05, 4.69) is 0 Å². The molecule has 0 heterocycles. The molecule has 0 aliphatic carbocycles. The summed E-state index contributed by atoms with van der Waals surface area (Å²) >= 11 is 0. The number of aliphatic carboxylic acids is 1. The lowest BCUT2D eigenvalue weighted by Gasteiger charge is -2.05. The molecule has 1 rings (SSSR count). The summed E-state index contributed by atoms with van der Waals surface area (Å²) < 4.78 is 14.8. The average molecular weight is 183 g/mol. The van der Waals surface area contributed by atoms with Gasteiger partial charge in [-0.15, -0.1) is 0 Å². The highest BCUT2D eigenvalue weighted by atomic mass is 16.4. The minimum Gasteiger partial charge on any atom is -0.508 e. The van der Waals surface area contributed by atoms with Gasteiger partial charge in [0.25, 0.3) is 0 Å². The Labute approximate surface area is 78.4 Å². The topological polar surface area (TPSA) is 83.5 Å². The van der Waals surface area contributed by atoms with Crippen LogP contribution in [0.2, 0.25) is 0 Å². The number of carboxylic acid groups (broad SMARTS) is 1. The Kier molecular flexibility index (Phi) is 2.08. The summed E-state index contributed by atoms with van der Waals surface area (Å²) in [7, 11) is 0. The molecule has 0 aliphatic rings. The fraction of sp³-hybridized carbons (Fsp3) is 0.222. The summed E-state index contributed by atoms with van der Waals surface area (Å²) in [6.07, 6.45) is -1.46. The number of aromatic hydroxyl groups is 1. The summed E-state index contributed by atoms with van der Waals surface area (Å²) in [5.41, 5.74) is 5.37. The van der Waals surface area contributed by atoms with Crippen LogP contribution in [-0.4, -0.2) is 22.2 Å². The summed E-state index contributed by atoms with van der Waals surface area (Å²) in [5.74, 6) is -1.67. The largest absolute Gasteiger partial charge is 0.508 e. The third-order valence-electron chi connectivity index (χ3n) is 1.44. The maximum atomic E-state index is 10.6. The lowest BCUT2D eigenvalue weighted by molar-refractivity contribution is -0.138. The number of phenols is 1. The molecule has 2 atom stereocenters. The van der Waals surface area contributed by atoms with Crippen molar-refractivity contribution in [2.45, 2.75) is 12.4 Å². The van der Waals surface area contributed by atoms with Crippen molar-refractivity contribution in [1.29, 1.82) is 0 Å². The van der Waals surface area contributed by atoms with Crippen LogP contribution in [-0.2, 0) is 11.2 Å². The second-order valence-corrected chi connectivity index (χ2v) is 2.50. The molecule has 0 saturated heterocycles. The average Bonchev–Trinajstić information content (AvgIpc) is 2.16. The molecule has 0 unspecified atom stereocenters. The van der Waals surface area contributed by atoms with E-state index in [1.54, 1.807) is 0 Å². The molecule has 4 nitrogen and oxygen atoms in total. The number of benzene rings is 1. The third-order valence-corrected chi connectivity index (χ3v) is 1.44. The number of hydrogen-bond donors (Lipinski definition) is 3. The summed E-state index contributed by atoms with van der Waals surface area (Å²) in [4.78, 5) is 10.6. The van der Waals surface area contributed by atoms with E-state index in [4.69, 9.17) is 18.7 Å². The molecule has 0 amide bonds. The van der Waals surface area contributed by atoms with E-state index in [-0.39, 0.29) is 11.3 Å². The van der Waals surface area contributed by atoms with Crippen LogP contribution in [0.4, 0.5) is 0 Å². The Balaban J connectivity index is 3.04. The van der Waals surface area contributed by atoms with Gasteiger partial charge in [-0.25, -0.2) is 0 Å². The van der Waals surface area contributed by atoms with E-state index < -0.39 is 18.4 Å². The van der Waals surface area contributed by atoms with Crippen molar-refractivity contribution in [2.75, 3.05) is 0 Å². The van der Waals surface area contributed by atoms with Gasteiger partial charge in [-0.1, -0.05) is 12.1 Å². The number of carboxylic acids is 1. The van der Waals surface area contributed by atoms with Crippen molar-refractivity contribution in [2.24, 2.45) is 5.73 Å². The Morgan fingerprint density at radius 1 is 1.77 bits per heavy atom. The molecule has 0 spiro atoms. The second kappa shape index (κ2) is 3.91. The smallest absolute Gasteiger partial charge is 0.320 e. The van der Waals surface area contributed by atoms with Crippen molar-refractivity contribution in [3.05, 3.63) is 29.8 Å². The van der Waals surface area contributed by atoms with Crippen LogP contribution < -0.4 is 5.73 Å². The van der Waals surface area contributed by atoms with Crippen molar-refractivity contribution < 1.29 is 17.7 Å². The number of carbonyl (C=O) groups is 1. The van der Waals surface area contributed by atoms with Gasteiger partial charge in [0.2, 0.25) is 0 Å². The summed E-state index contributed by atoms with van der Waals surface area (Å²) in [6, 6.07) is 3.09. The molecule has 0 aliphatic heterocycles. The predicted molar refractivity (Wildman–Crippen MR) is 47.4 cm³/mol. The van der Waals surface area contributed by atoms with Crippen LogP contribution in [0.15, 0.2) is 24.3 Å². The van der Waals surface area contributed by atoms with Gasteiger partial charge in [-0.3, -0.25) is 4.79 Å². The van der Waals surface area contributed by atoms with Gasteiger partial charge in [0, 0.05) is 1.37 Å².